The molecule has 0 atom stereocenters. The van der Waals surface area contributed by atoms with Crippen LogP contribution in [-0.4, -0.2) is 13.6 Å². The molecule has 0 unspecified atom stereocenters. The fourth-order valence-corrected chi connectivity index (χ4v) is 3.13. The average molecular weight is 266 g/mol. The van der Waals surface area contributed by atoms with Crippen LogP contribution in [0, 0.1) is 5.41 Å². The summed E-state index contributed by atoms with van der Waals surface area (Å²) in [5.74, 6) is 0. The second-order valence-corrected chi connectivity index (χ2v) is 6.83. The number of hydrogen-bond donors (Lipinski definition) is 1. The van der Waals surface area contributed by atoms with E-state index in [0.717, 1.165) is 28.1 Å². The Hall–Kier alpha value is 0.240. The third-order valence-electron chi connectivity index (χ3n) is 2.45. The molecule has 0 radical (unpaired) electrons. The Morgan fingerprint density at radius 2 is 2.07 bits per heavy atom. The zero-order chi connectivity index (χ0) is 11.5. The molecule has 1 heterocycles. The molecule has 0 fully saturated rings. The standard InChI is InChI=1S/C11H17Cl2NS/c1-11(2,7-14-3)5-4-8-6-9(12)15-10(8)13/h6,14H,4-5,7H2,1-3H3. The van der Waals surface area contributed by atoms with Crippen LogP contribution in [0.25, 0.3) is 0 Å². The molecule has 0 saturated carbocycles. The number of aryl methyl sites for hydroxylation is 1. The van der Waals surface area contributed by atoms with Gasteiger partial charge in [-0.05, 0) is 43.5 Å². The van der Waals surface area contributed by atoms with E-state index in [9.17, 15) is 0 Å². The lowest BCUT2D eigenvalue weighted by Crippen LogP contribution is -2.27. The second-order valence-electron chi connectivity index (χ2n) is 4.54. The second kappa shape index (κ2) is 5.53. The van der Waals surface area contributed by atoms with Gasteiger partial charge >= 0.3 is 0 Å². The third kappa shape index (κ3) is 4.31. The lowest BCUT2D eigenvalue weighted by atomic mass is 9.87. The van der Waals surface area contributed by atoms with Gasteiger partial charge in [-0.25, -0.2) is 0 Å². The van der Waals surface area contributed by atoms with Gasteiger partial charge in [-0.3, -0.25) is 0 Å². The molecule has 0 aliphatic carbocycles. The third-order valence-corrected chi connectivity index (χ3v) is 4.02. The molecule has 1 aromatic heterocycles. The maximum Gasteiger partial charge on any atom is 0.0976 e. The summed E-state index contributed by atoms with van der Waals surface area (Å²) in [6.45, 7) is 5.53. The number of thiophene rings is 1. The molecule has 0 aliphatic heterocycles. The predicted octanol–water partition coefficient (Wildman–Crippen LogP) is 4.23. The molecule has 4 heteroatoms. The van der Waals surface area contributed by atoms with Gasteiger partial charge in [0.15, 0.2) is 0 Å². The van der Waals surface area contributed by atoms with Crippen molar-refractivity contribution < 1.29 is 0 Å². The number of halogens is 2. The number of hydrogen-bond acceptors (Lipinski definition) is 2. The van der Waals surface area contributed by atoms with Gasteiger partial charge in [0, 0.05) is 0 Å². The zero-order valence-electron chi connectivity index (χ0n) is 9.36. The van der Waals surface area contributed by atoms with E-state index < -0.39 is 0 Å². The summed E-state index contributed by atoms with van der Waals surface area (Å²) in [6, 6.07) is 1.98. The van der Waals surface area contributed by atoms with E-state index in [1.54, 1.807) is 0 Å². The van der Waals surface area contributed by atoms with Crippen molar-refractivity contribution >= 4 is 34.5 Å². The molecule has 0 saturated heterocycles. The highest BCUT2D eigenvalue weighted by Crippen LogP contribution is 2.33. The smallest absolute Gasteiger partial charge is 0.0976 e. The van der Waals surface area contributed by atoms with Crippen molar-refractivity contribution in [2.45, 2.75) is 26.7 Å². The summed E-state index contributed by atoms with van der Waals surface area (Å²) >= 11 is 13.4. The van der Waals surface area contributed by atoms with E-state index in [-0.39, 0.29) is 0 Å². The van der Waals surface area contributed by atoms with Crippen molar-refractivity contribution in [2.75, 3.05) is 13.6 Å². The van der Waals surface area contributed by atoms with Crippen LogP contribution in [0.1, 0.15) is 25.8 Å². The van der Waals surface area contributed by atoms with Gasteiger partial charge in [0.25, 0.3) is 0 Å². The molecule has 1 rings (SSSR count). The van der Waals surface area contributed by atoms with E-state index >= 15 is 0 Å². The van der Waals surface area contributed by atoms with Crippen LogP contribution < -0.4 is 5.32 Å². The Labute approximate surface area is 106 Å². The lowest BCUT2D eigenvalue weighted by Gasteiger charge is -2.23. The minimum atomic E-state index is 0.298. The highest BCUT2D eigenvalue weighted by Gasteiger charge is 2.17. The fourth-order valence-electron chi connectivity index (χ4n) is 1.58. The van der Waals surface area contributed by atoms with Gasteiger partial charge < -0.3 is 5.32 Å². The van der Waals surface area contributed by atoms with Crippen molar-refractivity contribution in [2.24, 2.45) is 5.41 Å². The monoisotopic (exact) mass is 265 g/mol. The average Bonchev–Trinajstić information content (AvgIpc) is 2.42. The van der Waals surface area contributed by atoms with Crippen molar-refractivity contribution in [1.29, 1.82) is 0 Å². The molecule has 0 aliphatic rings. The lowest BCUT2D eigenvalue weighted by molar-refractivity contribution is 0.324. The Morgan fingerprint density at radius 3 is 2.53 bits per heavy atom. The van der Waals surface area contributed by atoms with Crippen LogP contribution in [-0.2, 0) is 6.42 Å². The van der Waals surface area contributed by atoms with E-state index in [2.05, 4.69) is 19.2 Å². The van der Waals surface area contributed by atoms with Crippen molar-refractivity contribution in [1.82, 2.24) is 5.32 Å². The molecular formula is C11H17Cl2NS. The van der Waals surface area contributed by atoms with Gasteiger partial charge in [0.05, 0.1) is 8.67 Å². The quantitative estimate of drug-likeness (QED) is 0.840. The normalized spacial score (nSPS) is 12.1. The van der Waals surface area contributed by atoms with Crippen LogP contribution in [0.15, 0.2) is 6.07 Å². The van der Waals surface area contributed by atoms with Crippen molar-refractivity contribution in [3.63, 3.8) is 0 Å². The zero-order valence-corrected chi connectivity index (χ0v) is 11.7. The summed E-state index contributed by atoms with van der Waals surface area (Å²) < 4.78 is 1.61. The Kier molecular flexibility index (Phi) is 4.91. The minimum Gasteiger partial charge on any atom is -0.319 e. The number of nitrogens with one attached hydrogen (secondary N) is 1. The maximum atomic E-state index is 6.07. The van der Waals surface area contributed by atoms with Gasteiger partial charge in [0.1, 0.15) is 0 Å². The van der Waals surface area contributed by atoms with Crippen LogP contribution in [0.2, 0.25) is 8.67 Å². The Bertz CT molecular complexity index is 320. The van der Waals surface area contributed by atoms with Crippen LogP contribution in [0.3, 0.4) is 0 Å². The highest BCUT2D eigenvalue weighted by atomic mass is 35.5. The first-order chi connectivity index (χ1) is 6.94. The first-order valence-electron chi connectivity index (χ1n) is 5.03. The van der Waals surface area contributed by atoms with Gasteiger partial charge in [0.2, 0.25) is 0 Å². The van der Waals surface area contributed by atoms with E-state index in [1.165, 1.54) is 16.9 Å². The minimum absolute atomic E-state index is 0.298. The molecule has 1 N–H and O–H groups in total. The fraction of sp³-hybridized carbons (Fsp3) is 0.636. The van der Waals surface area contributed by atoms with Crippen LogP contribution in [0.4, 0.5) is 0 Å². The van der Waals surface area contributed by atoms with E-state index in [4.69, 9.17) is 23.2 Å². The van der Waals surface area contributed by atoms with Crippen LogP contribution in [0.5, 0.6) is 0 Å². The topological polar surface area (TPSA) is 12.0 Å². The van der Waals surface area contributed by atoms with Crippen molar-refractivity contribution in [3.8, 4) is 0 Å². The molecule has 0 amide bonds. The molecule has 0 bridgehead atoms. The molecule has 0 spiro atoms. The van der Waals surface area contributed by atoms with Crippen LogP contribution >= 0.6 is 34.5 Å². The molecular weight excluding hydrogens is 249 g/mol. The summed E-state index contributed by atoms with van der Waals surface area (Å²) in [6.07, 6.45) is 2.11. The van der Waals surface area contributed by atoms with Gasteiger partial charge in [-0.2, -0.15) is 0 Å². The molecule has 1 nitrogen and oxygen atoms in total. The SMILES string of the molecule is CNCC(C)(C)CCc1cc(Cl)sc1Cl. The first kappa shape index (κ1) is 13.3. The summed E-state index contributed by atoms with van der Waals surface area (Å²) in [5, 5.41) is 3.21. The summed E-state index contributed by atoms with van der Waals surface area (Å²) in [7, 11) is 1.98. The molecule has 15 heavy (non-hydrogen) atoms. The maximum absolute atomic E-state index is 6.07. The summed E-state index contributed by atoms with van der Waals surface area (Å²) in [4.78, 5) is 0. The predicted molar refractivity (Wildman–Crippen MR) is 70.4 cm³/mol. The van der Waals surface area contributed by atoms with Gasteiger partial charge in [-0.15, -0.1) is 11.3 Å². The Balaban J connectivity index is 2.53. The largest absolute Gasteiger partial charge is 0.319 e. The molecule has 0 aromatic carbocycles. The van der Waals surface area contributed by atoms with Crippen molar-refractivity contribution in [3.05, 3.63) is 20.3 Å². The summed E-state index contributed by atoms with van der Waals surface area (Å²) in [5.41, 5.74) is 1.47. The molecule has 1 aromatic rings. The first-order valence-corrected chi connectivity index (χ1v) is 6.60. The van der Waals surface area contributed by atoms with E-state index in [1.807, 2.05) is 13.1 Å². The molecule has 86 valence electrons. The Morgan fingerprint density at radius 1 is 1.40 bits per heavy atom. The number of rotatable bonds is 5. The highest BCUT2D eigenvalue weighted by molar-refractivity contribution is 7.20. The van der Waals surface area contributed by atoms with E-state index in [0.29, 0.717) is 5.41 Å². The van der Waals surface area contributed by atoms with Gasteiger partial charge in [-0.1, -0.05) is 37.0 Å².